The van der Waals surface area contributed by atoms with Crippen molar-refractivity contribution in [1.29, 1.82) is 0 Å². The number of benzene rings is 1. The maximum absolute atomic E-state index is 12.9. The summed E-state index contributed by atoms with van der Waals surface area (Å²) in [7, 11) is 4.13. The van der Waals surface area contributed by atoms with Gasteiger partial charge in [-0.2, -0.15) is 11.8 Å². The molecule has 2 atom stereocenters. The van der Waals surface area contributed by atoms with Crippen molar-refractivity contribution in [3.63, 3.8) is 0 Å². The fraction of sp³-hybridized carbons (Fsp3) is 0.650. The fourth-order valence-electron chi connectivity index (χ4n) is 2.93. The Kier molecular flexibility index (Phi) is 10.3. The summed E-state index contributed by atoms with van der Waals surface area (Å²) in [6.45, 7) is 5.26. The lowest BCUT2D eigenvalue weighted by Crippen LogP contribution is -2.28. The molecule has 0 spiro atoms. The van der Waals surface area contributed by atoms with Crippen molar-refractivity contribution in [1.82, 2.24) is 4.90 Å². The number of unbranched alkanes of at least 4 members (excludes halogenated alkanes) is 2. The molecule has 0 aliphatic carbocycles. The van der Waals surface area contributed by atoms with Gasteiger partial charge >= 0.3 is 0 Å². The molecule has 1 aromatic rings. The third-order valence-corrected chi connectivity index (χ3v) is 5.30. The number of carbonyl (C=O) groups is 1. The Bertz CT molecular complexity index is 433. The third kappa shape index (κ3) is 8.03. The molecule has 0 N–H and O–H groups in total. The van der Waals surface area contributed by atoms with Gasteiger partial charge in [0.05, 0.1) is 0 Å². The van der Waals surface area contributed by atoms with Crippen LogP contribution in [0.25, 0.3) is 0 Å². The summed E-state index contributed by atoms with van der Waals surface area (Å²) in [4.78, 5) is 15.0. The van der Waals surface area contributed by atoms with E-state index in [0.29, 0.717) is 17.5 Å². The Morgan fingerprint density at radius 3 is 2.39 bits per heavy atom. The molecule has 3 heteroatoms. The van der Waals surface area contributed by atoms with Gasteiger partial charge < -0.3 is 4.90 Å². The summed E-state index contributed by atoms with van der Waals surface area (Å²) in [5.74, 6) is 1.66. The van der Waals surface area contributed by atoms with Crippen LogP contribution in [-0.2, 0) is 4.79 Å². The van der Waals surface area contributed by atoms with E-state index in [9.17, 15) is 4.79 Å². The van der Waals surface area contributed by atoms with Gasteiger partial charge in [-0.3, -0.25) is 4.79 Å². The van der Waals surface area contributed by atoms with E-state index in [4.69, 9.17) is 0 Å². The van der Waals surface area contributed by atoms with Crippen LogP contribution >= 0.6 is 11.8 Å². The molecule has 0 amide bonds. The van der Waals surface area contributed by atoms with Gasteiger partial charge in [0.2, 0.25) is 0 Å². The predicted octanol–water partition coefficient (Wildman–Crippen LogP) is 5.20. The Balaban J connectivity index is 2.72. The van der Waals surface area contributed by atoms with Crippen LogP contribution in [-0.4, -0.2) is 37.1 Å². The van der Waals surface area contributed by atoms with Gasteiger partial charge in [0.15, 0.2) is 0 Å². The molecule has 23 heavy (non-hydrogen) atoms. The van der Waals surface area contributed by atoms with Gasteiger partial charge in [-0.1, -0.05) is 63.4 Å². The zero-order valence-electron chi connectivity index (χ0n) is 15.3. The first kappa shape index (κ1) is 20.2. The van der Waals surface area contributed by atoms with Crippen LogP contribution in [0.2, 0.25) is 0 Å². The zero-order valence-corrected chi connectivity index (χ0v) is 16.1. The second kappa shape index (κ2) is 11.7. The number of rotatable bonds is 12. The monoisotopic (exact) mass is 335 g/mol. The lowest BCUT2D eigenvalue weighted by Gasteiger charge is -2.23. The van der Waals surface area contributed by atoms with Crippen LogP contribution in [0.4, 0.5) is 0 Å². The summed E-state index contributed by atoms with van der Waals surface area (Å²) >= 11 is 1.89. The first-order valence-corrected chi connectivity index (χ1v) is 9.97. The van der Waals surface area contributed by atoms with Crippen LogP contribution in [0, 0.1) is 5.92 Å². The number of Topliss-reactive ketones (excluding diaryl/α,β-unsaturated/α-hetero) is 1. The topological polar surface area (TPSA) is 20.3 Å². The minimum absolute atomic E-state index is 0.181. The van der Waals surface area contributed by atoms with Crippen LogP contribution in [0.15, 0.2) is 30.3 Å². The molecule has 0 radical (unpaired) electrons. The van der Waals surface area contributed by atoms with E-state index in [0.717, 1.165) is 25.1 Å². The van der Waals surface area contributed by atoms with E-state index in [1.165, 1.54) is 18.4 Å². The maximum Gasteiger partial charge on any atom is 0.138 e. The second-order valence-electron chi connectivity index (χ2n) is 6.48. The molecule has 2 nitrogen and oxygen atoms in total. The van der Waals surface area contributed by atoms with Crippen LogP contribution in [0.1, 0.15) is 56.8 Å². The Hall–Kier alpha value is -0.800. The van der Waals surface area contributed by atoms with Gasteiger partial charge in [-0.05, 0) is 31.8 Å². The smallest absolute Gasteiger partial charge is 0.138 e. The molecule has 0 saturated heterocycles. The van der Waals surface area contributed by atoms with Crippen LogP contribution in [0.5, 0.6) is 0 Å². The van der Waals surface area contributed by atoms with Crippen LogP contribution < -0.4 is 0 Å². The SMILES string of the molecule is CCCCC[C@H](CN(C)C)C(=O)C[C@H](SCC)c1ccccc1. The highest BCUT2D eigenvalue weighted by Gasteiger charge is 2.23. The van der Waals surface area contributed by atoms with Crippen molar-refractivity contribution in [2.45, 2.75) is 51.2 Å². The van der Waals surface area contributed by atoms with Crippen LogP contribution in [0.3, 0.4) is 0 Å². The molecule has 0 aliphatic heterocycles. The van der Waals surface area contributed by atoms with Crippen molar-refractivity contribution in [3.8, 4) is 0 Å². The lowest BCUT2D eigenvalue weighted by molar-refractivity contribution is -0.123. The molecule has 1 aromatic carbocycles. The van der Waals surface area contributed by atoms with E-state index in [-0.39, 0.29) is 5.92 Å². The summed E-state index contributed by atoms with van der Waals surface area (Å²) in [5, 5.41) is 0.296. The number of hydrogen-bond donors (Lipinski definition) is 0. The van der Waals surface area contributed by atoms with Crippen molar-refractivity contribution in [3.05, 3.63) is 35.9 Å². The quantitative estimate of drug-likeness (QED) is 0.490. The number of hydrogen-bond acceptors (Lipinski definition) is 3. The minimum Gasteiger partial charge on any atom is -0.309 e. The third-order valence-electron chi connectivity index (χ3n) is 4.12. The molecule has 1 rings (SSSR count). The first-order valence-electron chi connectivity index (χ1n) is 8.92. The van der Waals surface area contributed by atoms with Crippen molar-refractivity contribution >= 4 is 17.5 Å². The molecular formula is C20H33NOS. The summed E-state index contributed by atoms with van der Waals surface area (Å²) in [6, 6.07) is 10.5. The van der Waals surface area contributed by atoms with Crippen molar-refractivity contribution < 1.29 is 4.79 Å². The van der Waals surface area contributed by atoms with Gasteiger partial charge in [0.1, 0.15) is 5.78 Å². The van der Waals surface area contributed by atoms with E-state index < -0.39 is 0 Å². The van der Waals surface area contributed by atoms with Gasteiger partial charge in [-0.15, -0.1) is 0 Å². The highest BCUT2D eigenvalue weighted by atomic mass is 32.2. The molecule has 0 fully saturated rings. The number of nitrogens with zero attached hydrogens (tertiary/aromatic N) is 1. The molecule has 0 aliphatic rings. The van der Waals surface area contributed by atoms with Gasteiger partial charge in [-0.25, -0.2) is 0 Å². The number of thioether (sulfide) groups is 1. The van der Waals surface area contributed by atoms with E-state index in [1.807, 2.05) is 17.8 Å². The standard InChI is InChI=1S/C20H33NOS/c1-5-7-9-14-18(16-21(3)4)19(22)15-20(23-6-2)17-12-10-8-11-13-17/h8,10-13,18,20H,5-7,9,14-16H2,1-4H3/t18-,20+/m1/s1. The minimum atomic E-state index is 0.181. The number of ketones is 1. The zero-order chi connectivity index (χ0) is 17.1. The first-order chi connectivity index (χ1) is 11.1. The molecule has 0 saturated carbocycles. The average molecular weight is 336 g/mol. The molecule has 0 unspecified atom stereocenters. The fourth-order valence-corrected chi connectivity index (χ4v) is 3.96. The molecular weight excluding hydrogens is 302 g/mol. The Morgan fingerprint density at radius 1 is 1.13 bits per heavy atom. The van der Waals surface area contributed by atoms with Gasteiger partial charge in [0.25, 0.3) is 0 Å². The second-order valence-corrected chi connectivity index (χ2v) is 7.96. The van der Waals surface area contributed by atoms with Gasteiger partial charge in [0, 0.05) is 24.1 Å². The summed E-state index contributed by atoms with van der Waals surface area (Å²) < 4.78 is 0. The van der Waals surface area contributed by atoms with Crippen molar-refractivity contribution in [2.24, 2.45) is 5.92 Å². The lowest BCUT2D eigenvalue weighted by atomic mass is 9.92. The maximum atomic E-state index is 12.9. The molecule has 130 valence electrons. The normalized spacial score (nSPS) is 14.0. The Labute approximate surface area is 147 Å². The average Bonchev–Trinajstić information content (AvgIpc) is 2.54. The Morgan fingerprint density at radius 2 is 1.83 bits per heavy atom. The molecule has 0 heterocycles. The van der Waals surface area contributed by atoms with E-state index in [2.05, 4.69) is 57.1 Å². The molecule has 0 bridgehead atoms. The predicted molar refractivity (Wildman–Crippen MR) is 103 cm³/mol. The highest BCUT2D eigenvalue weighted by molar-refractivity contribution is 7.99. The summed E-state index contributed by atoms with van der Waals surface area (Å²) in [6.07, 6.45) is 5.29. The summed E-state index contributed by atoms with van der Waals surface area (Å²) in [5.41, 5.74) is 1.28. The largest absolute Gasteiger partial charge is 0.309 e. The van der Waals surface area contributed by atoms with E-state index >= 15 is 0 Å². The van der Waals surface area contributed by atoms with Crippen molar-refractivity contribution in [2.75, 3.05) is 26.4 Å². The number of carbonyl (C=O) groups excluding carboxylic acids is 1. The van der Waals surface area contributed by atoms with E-state index in [1.54, 1.807) is 0 Å². The highest BCUT2D eigenvalue weighted by Crippen LogP contribution is 2.33. The molecule has 0 aromatic heterocycles.